The van der Waals surface area contributed by atoms with Crippen molar-refractivity contribution >= 4 is 5.91 Å². The molecule has 1 aliphatic rings. The molecule has 1 heterocycles. The van der Waals surface area contributed by atoms with Crippen molar-refractivity contribution in [3.63, 3.8) is 0 Å². The molecule has 1 fully saturated rings. The number of ether oxygens (including phenoxy) is 1. The fraction of sp³-hybridized carbons (Fsp3) is 0.409. The van der Waals surface area contributed by atoms with Crippen molar-refractivity contribution in [3.05, 3.63) is 71.3 Å². The Morgan fingerprint density at radius 2 is 1.93 bits per heavy atom. The molecule has 0 spiro atoms. The Balaban J connectivity index is 1.62. The van der Waals surface area contributed by atoms with Gasteiger partial charge in [0, 0.05) is 39.3 Å². The third kappa shape index (κ3) is 6.06. The number of rotatable bonds is 9. The fourth-order valence-electron chi connectivity index (χ4n) is 3.62. The number of methoxy groups -OCH3 is 1. The zero-order valence-corrected chi connectivity index (χ0v) is 16.5. The van der Waals surface area contributed by atoms with Crippen LogP contribution in [0.2, 0.25) is 0 Å². The summed E-state index contributed by atoms with van der Waals surface area (Å²) in [5.74, 6) is -1.72. The first-order valence-corrected chi connectivity index (χ1v) is 9.78. The first kappa shape index (κ1) is 21.4. The summed E-state index contributed by atoms with van der Waals surface area (Å²) in [5.41, 5.74) is 1.81. The first-order valence-electron chi connectivity index (χ1n) is 9.78. The van der Waals surface area contributed by atoms with Crippen molar-refractivity contribution < 1.29 is 18.3 Å². The number of amides is 1. The second-order valence-corrected chi connectivity index (χ2v) is 7.28. The van der Waals surface area contributed by atoms with E-state index in [0.717, 1.165) is 11.6 Å². The molecule has 1 amide bonds. The molecule has 2 atom stereocenters. The van der Waals surface area contributed by atoms with Crippen molar-refractivity contribution in [2.45, 2.75) is 31.6 Å². The Morgan fingerprint density at radius 1 is 1.14 bits per heavy atom. The van der Waals surface area contributed by atoms with E-state index in [1.54, 1.807) is 13.2 Å². The maximum absolute atomic E-state index is 13.4. The van der Waals surface area contributed by atoms with Crippen molar-refractivity contribution in [3.8, 4) is 0 Å². The van der Waals surface area contributed by atoms with Gasteiger partial charge in [0.15, 0.2) is 11.6 Å². The normalized spacial score (nSPS) is 19.4. The van der Waals surface area contributed by atoms with Crippen molar-refractivity contribution in [2.24, 2.45) is 0 Å². The molecule has 2 aromatic rings. The third-order valence-electron chi connectivity index (χ3n) is 5.12. The number of nitrogens with zero attached hydrogens (tertiary/aromatic N) is 1. The monoisotopic (exact) mass is 403 g/mol. The van der Waals surface area contributed by atoms with Gasteiger partial charge < -0.3 is 15.4 Å². The van der Waals surface area contributed by atoms with E-state index in [9.17, 15) is 13.6 Å². The fourth-order valence-corrected chi connectivity index (χ4v) is 3.62. The molecule has 3 rings (SSSR count). The molecule has 1 aliphatic heterocycles. The van der Waals surface area contributed by atoms with Gasteiger partial charge in [-0.05, 0) is 29.7 Å². The van der Waals surface area contributed by atoms with E-state index >= 15 is 0 Å². The van der Waals surface area contributed by atoms with Gasteiger partial charge in [0.2, 0.25) is 5.91 Å². The van der Waals surface area contributed by atoms with E-state index in [1.165, 1.54) is 6.07 Å². The molecule has 5 nitrogen and oxygen atoms in total. The van der Waals surface area contributed by atoms with E-state index < -0.39 is 11.6 Å². The molecule has 7 heteroatoms. The minimum atomic E-state index is -0.851. The Bertz CT molecular complexity index is 804. The lowest BCUT2D eigenvalue weighted by atomic mass is 10.1. The zero-order valence-electron chi connectivity index (χ0n) is 16.5. The van der Waals surface area contributed by atoms with Gasteiger partial charge in [-0.25, -0.2) is 8.78 Å². The number of hydrogen-bond acceptors (Lipinski definition) is 4. The van der Waals surface area contributed by atoms with Crippen LogP contribution < -0.4 is 10.6 Å². The molecule has 156 valence electrons. The smallest absolute Gasteiger partial charge is 0.237 e. The summed E-state index contributed by atoms with van der Waals surface area (Å²) in [6.07, 6.45) is 0.648. The molecule has 2 N–H and O–H groups in total. The van der Waals surface area contributed by atoms with E-state index in [2.05, 4.69) is 15.5 Å². The largest absolute Gasteiger partial charge is 0.383 e. The first-order chi connectivity index (χ1) is 14.1. The topological polar surface area (TPSA) is 53.6 Å². The van der Waals surface area contributed by atoms with Gasteiger partial charge in [-0.1, -0.05) is 36.4 Å². The molecule has 1 saturated heterocycles. The van der Waals surface area contributed by atoms with Crippen LogP contribution in [0.1, 0.15) is 17.5 Å². The predicted octanol–water partition coefficient (Wildman–Crippen LogP) is 2.46. The van der Waals surface area contributed by atoms with Gasteiger partial charge in [0.25, 0.3) is 0 Å². The summed E-state index contributed by atoms with van der Waals surface area (Å²) in [6, 6.07) is 13.7. The molecule has 0 saturated carbocycles. The molecule has 29 heavy (non-hydrogen) atoms. The lowest BCUT2D eigenvalue weighted by molar-refractivity contribution is -0.125. The van der Waals surface area contributed by atoms with Gasteiger partial charge in [0.1, 0.15) is 0 Å². The number of benzene rings is 2. The maximum Gasteiger partial charge on any atom is 0.237 e. The van der Waals surface area contributed by atoms with Crippen LogP contribution in [0.4, 0.5) is 8.78 Å². The van der Waals surface area contributed by atoms with Crippen LogP contribution in [-0.2, 0) is 22.6 Å². The molecule has 0 unspecified atom stereocenters. The highest BCUT2D eigenvalue weighted by Gasteiger charge is 2.36. The van der Waals surface area contributed by atoms with Crippen molar-refractivity contribution in [2.75, 3.05) is 26.8 Å². The standard InChI is InChI=1S/C22H27F2N3O2/c1-29-10-9-25-22(28)21-12-18(15-27(21)14-16-5-3-2-4-6-16)26-13-17-7-8-19(23)20(24)11-17/h2-8,11,18,21,26H,9-10,12-15H2,1H3,(H,25,28)/t18-,21-/m0/s1. The molecule has 0 aromatic heterocycles. The highest BCUT2D eigenvalue weighted by molar-refractivity contribution is 5.82. The Morgan fingerprint density at radius 3 is 2.66 bits per heavy atom. The number of carbonyl (C=O) groups excluding carboxylic acids is 1. The second-order valence-electron chi connectivity index (χ2n) is 7.28. The minimum Gasteiger partial charge on any atom is -0.383 e. The van der Waals surface area contributed by atoms with E-state index in [1.807, 2.05) is 30.3 Å². The molecule has 2 aromatic carbocycles. The number of nitrogens with one attached hydrogen (secondary N) is 2. The maximum atomic E-state index is 13.4. The van der Waals surface area contributed by atoms with Crippen molar-refractivity contribution in [1.29, 1.82) is 0 Å². The van der Waals surface area contributed by atoms with E-state index in [-0.39, 0.29) is 18.0 Å². The Hall–Kier alpha value is -2.35. The average Bonchev–Trinajstić information content (AvgIpc) is 3.12. The van der Waals surface area contributed by atoms with Crippen molar-refractivity contribution in [1.82, 2.24) is 15.5 Å². The number of likely N-dealkylation sites (tertiary alicyclic amines) is 1. The van der Waals surface area contributed by atoms with Crippen LogP contribution in [-0.4, -0.2) is 49.7 Å². The average molecular weight is 403 g/mol. The summed E-state index contributed by atoms with van der Waals surface area (Å²) < 4.78 is 31.5. The SMILES string of the molecule is COCCNC(=O)[C@@H]1C[C@H](NCc2ccc(F)c(F)c2)CN1Cc1ccccc1. The predicted molar refractivity (Wildman–Crippen MR) is 107 cm³/mol. The van der Waals surface area contributed by atoms with Gasteiger partial charge in [-0.2, -0.15) is 0 Å². The van der Waals surface area contributed by atoms with Gasteiger partial charge in [-0.15, -0.1) is 0 Å². The lowest BCUT2D eigenvalue weighted by Crippen LogP contribution is -2.43. The molecule has 0 bridgehead atoms. The summed E-state index contributed by atoms with van der Waals surface area (Å²) in [4.78, 5) is 14.8. The summed E-state index contributed by atoms with van der Waals surface area (Å²) in [5, 5.41) is 6.30. The third-order valence-corrected chi connectivity index (χ3v) is 5.12. The van der Waals surface area contributed by atoms with Gasteiger partial charge >= 0.3 is 0 Å². The van der Waals surface area contributed by atoms with Gasteiger partial charge in [-0.3, -0.25) is 9.69 Å². The van der Waals surface area contributed by atoms with Crippen LogP contribution in [0, 0.1) is 11.6 Å². The van der Waals surface area contributed by atoms with Crippen LogP contribution >= 0.6 is 0 Å². The highest BCUT2D eigenvalue weighted by Crippen LogP contribution is 2.21. The second kappa shape index (κ2) is 10.4. The summed E-state index contributed by atoms with van der Waals surface area (Å²) in [7, 11) is 1.60. The number of carbonyl (C=O) groups is 1. The Labute approximate surface area is 170 Å². The lowest BCUT2D eigenvalue weighted by Gasteiger charge is -2.23. The molecule has 0 aliphatic carbocycles. The van der Waals surface area contributed by atoms with Crippen LogP contribution in [0.25, 0.3) is 0 Å². The Kier molecular flexibility index (Phi) is 7.69. The molecular formula is C22H27F2N3O2. The molecule has 0 radical (unpaired) electrons. The zero-order chi connectivity index (χ0) is 20.6. The quantitative estimate of drug-likeness (QED) is 0.632. The van der Waals surface area contributed by atoms with E-state index in [0.29, 0.717) is 44.8 Å². The van der Waals surface area contributed by atoms with Crippen LogP contribution in [0.15, 0.2) is 48.5 Å². The minimum absolute atomic E-state index is 0.0184. The molecular weight excluding hydrogens is 376 g/mol. The van der Waals surface area contributed by atoms with Gasteiger partial charge in [0.05, 0.1) is 12.6 Å². The van der Waals surface area contributed by atoms with E-state index in [4.69, 9.17) is 4.74 Å². The van der Waals surface area contributed by atoms with Crippen LogP contribution in [0.5, 0.6) is 0 Å². The highest BCUT2D eigenvalue weighted by atomic mass is 19.2. The number of halogens is 2. The van der Waals surface area contributed by atoms with Crippen LogP contribution in [0.3, 0.4) is 0 Å². The number of hydrogen-bond donors (Lipinski definition) is 2. The summed E-state index contributed by atoms with van der Waals surface area (Å²) in [6.45, 7) is 2.72. The summed E-state index contributed by atoms with van der Waals surface area (Å²) >= 11 is 0.